The molecule has 2 heteroatoms. The number of carbonyl (C=O) groups excluding carboxylic acids is 1. The predicted molar refractivity (Wildman–Crippen MR) is 91.5 cm³/mol. The van der Waals surface area contributed by atoms with Crippen molar-refractivity contribution >= 4 is 5.97 Å². The number of esters is 1. The van der Waals surface area contributed by atoms with E-state index in [-0.39, 0.29) is 5.97 Å². The van der Waals surface area contributed by atoms with Crippen LogP contribution in [0.25, 0.3) is 0 Å². The molecular weight excluding hydrogens is 272 g/mol. The van der Waals surface area contributed by atoms with E-state index in [1.54, 1.807) is 6.08 Å². The van der Waals surface area contributed by atoms with Crippen LogP contribution in [0.3, 0.4) is 0 Å². The molecule has 0 atom stereocenters. The SMILES string of the molecule is CC=CC1CCC(C2CCC(C=CC(=O)OCC)CC2)CC1. The minimum absolute atomic E-state index is 0.188. The Balaban J connectivity index is 1.70. The Bertz CT molecular complexity index is 381. The van der Waals surface area contributed by atoms with Gasteiger partial charge in [-0.05, 0) is 88.9 Å². The third kappa shape index (κ3) is 5.30. The number of carbonyl (C=O) groups is 1. The molecule has 124 valence electrons. The van der Waals surface area contributed by atoms with E-state index in [9.17, 15) is 4.79 Å². The zero-order valence-electron chi connectivity index (χ0n) is 14.3. The highest BCUT2D eigenvalue weighted by Crippen LogP contribution is 2.41. The maximum absolute atomic E-state index is 11.4. The smallest absolute Gasteiger partial charge is 0.330 e. The van der Waals surface area contributed by atoms with Crippen molar-refractivity contribution in [2.24, 2.45) is 23.7 Å². The van der Waals surface area contributed by atoms with Gasteiger partial charge in [-0.1, -0.05) is 18.2 Å². The number of ether oxygens (including phenoxy) is 1. The van der Waals surface area contributed by atoms with Gasteiger partial charge in [-0.3, -0.25) is 0 Å². The van der Waals surface area contributed by atoms with E-state index in [0.29, 0.717) is 12.5 Å². The average Bonchev–Trinajstić information content (AvgIpc) is 2.55. The first-order chi connectivity index (χ1) is 10.7. The molecular formula is C20H32O2. The van der Waals surface area contributed by atoms with Crippen LogP contribution in [0.15, 0.2) is 24.3 Å². The van der Waals surface area contributed by atoms with Crippen molar-refractivity contribution in [2.45, 2.75) is 65.2 Å². The lowest BCUT2D eigenvalue weighted by atomic mass is 9.69. The maximum Gasteiger partial charge on any atom is 0.330 e. The van der Waals surface area contributed by atoms with Crippen molar-refractivity contribution in [2.75, 3.05) is 6.61 Å². The van der Waals surface area contributed by atoms with Gasteiger partial charge in [0.2, 0.25) is 0 Å². The Morgan fingerprint density at radius 3 is 1.86 bits per heavy atom. The van der Waals surface area contributed by atoms with Crippen LogP contribution in [-0.4, -0.2) is 12.6 Å². The first-order valence-corrected chi connectivity index (χ1v) is 9.20. The minimum Gasteiger partial charge on any atom is -0.463 e. The van der Waals surface area contributed by atoms with E-state index in [0.717, 1.165) is 17.8 Å². The summed E-state index contributed by atoms with van der Waals surface area (Å²) in [6.45, 7) is 4.45. The lowest BCUT2D eigenvalue weighted by Gasteiger charge is -2.36. The average molecular weight is 304 g/mol. The summed E-state index contributed by atoms with van der Waals surface area (Å²) in [7, 11) is 0. The molecule has 22 heavy (non-hydrogen) atoms. The fourth-order valence-electron chi connectivity index (χ4n) is 4.29. The van der Waals surface area contributed by atoms with Crippen LogP contribution >= 0.6 is 0 Å². The van der Waals surface area contributed by atoms with E-state index in [1.807, 2.05) is 6.92 Å². The second-order valence-electron chi connectivity index (χ2n) is 6.99. The standard InChI is InChI=1S/C20H32O2/c1-3-5-16-6-11-18(12-7-16)19-13-8-17(9-14-19)10-15-20(21)22-4-2/h3,5,10,15-19H,4,6-9,11-14H2,1-2H3. The molecule has 2 rings (SSSR count). The lowest BCUT2D eigenvalue weighted by Crippen LogP contribution is -2.25. The summed E-state index contributed by atoms with van der Waals surface area (Å²) in [5.74, 6) is 3.12. The van der Waals surface area contributed by atoms with E-state index in [2.05, 4.69) is 25.2 Å². The van der Waals surface area contributed by atoms with Gasteiger partial charge in [0.15, 0.2) is 0 Å². The Labute approximate surface area is 136 Å². The highest BCUT2D eigenvalue weighted by molar-refractivity contribution is 5.81. The molecule has 2 fully saturated rings. The molecule has 0 spiro atoms. The molecule has 0 aromatic carbocycles. The highest BCUT2D eigenvalue weighted by atomic mass is 16.5. The monoisotopic (exact) mass is 304 g/mol. The number of hydrogen-bond donors (Lipinski definition) is 0. The van der Waals surface area contributed by atoms with Gasteiger partial charge < -0.3 is 4.74 Å². The summed E-state index contributed by atoms with van der Waals surface area (Å²) in [5, 5.41) is 0. The molecule has 0 saturated heterocycles. The van der Waals surface area contributed by atoms with Gasteiger partial charge in [0.1, 0.15) is 0 Å². The Morgan fingerprint density at radius 1 is 0.909 bits per heavy atom. The number of allylic oxidation sites excluding steroid dienone is 3. The molecule has 0 radical (unpaired) electrons. The van der Waals surface area contributed by atoms with Gasteiger partial charge in [-0.25, -0.2) is 4.79 Å². The summed E-state index contributed by atoms with van der Waals surface area (Å²) >= 11 is 0. The summed E-state index contributed by atoms with van der Waals surface area (Å²) in [4.78, 5) is 11.4. The van der Waals surface area contributed by atoms with Crippen molar-refractivity contribution < 1.29 is 9.53 Å². The van der Waals surface area contributed by atoms with Crippen molar-refractivity contribution in [3.05, 3.63) is 24.3 Å². The largest absolute Gasteiger partial charge is 0.463 e. The summed E-state index contributed by atoms with van der Waals surface area (Å²) < 4.78 is 4.95. The molecule has 0 unspecified atom stereocenters. The molecule has 2 nitrogen and oxygen atoms in total. The number of rotatable bonds is 5. The van der Waals surface area contributed by atoms with E-state index in [4.69, 9.17) is 4.74 Å². The minimum atomic E-state index is -0.188. The van der Waals surface area contributed by atoms with Crippen LogP contribution in [0.1, 0.15) is 65.2 Å². The van der Waals surface area contributed by atoms with Crippen LogP contribution in [0.2, 0.25) is 0 Å². The molecule has 0 aromatic rings. The maximum atomic E-state index is 11.4. The molecule has 0 aromatic heterocycles. The molecule has 2 aliphatic carbocycles. The second-order valence-corrected chi connectivity index (χ2v) is 6.99. The van der Waals surface area contributed by atoms with Crippen molar-refractivity contribution in [3.8, 4) is 0 Å². The van der Waals surface area contributed by atoms with Gasteiger partial charge in [0.05, 0.1) is 6.61 Å². The summed E-state index contributed by atoms with van der Waals surface area (Å²) in [5.41, 5.74) is 0. The van der Waals surface area contributed by atoms with Crippen LogP contribution < -0.4 is 0 Å². The van der Waals surface area contributed by atoms with Crippen molar-refractivity contribution in [3.63, 3.8) is 0 Å². The van der Waals surface area contributed by atoms with Gasteiger partial charge in [-0.15, -0.1) is 0 Å². The van der Waals surface area contributed by atoms with Crippen molar-refractivity contribution in [1.82, 2.24) is 0 Å². The molecule has 0 amide bonds. The van der Waals surface area contributed by atoms with Crippen molar-refractivity contribution in [1.29, 1.82) is 0 Å². The quantitative estimate of drug-likeness (QED) is 0.391. The Kier molecular flexibility index (Phi) is 7.21. The Morgan fingerprint density at radius 2 is 1.41 bits per heavy atom. The molecule has 0 bridgehead atoms. The van der Waals surface area contributed by atoms with Gasteiger partial charge in [-0.2, -0.15) is 0 Å². The molecule has 2 saturated carbocycles. The van der Waals surface area contributed by atoms with Crippen LogP contribution in [0.5, 0.6) is 0 Å². The van der Waals surface area contributed by atoms with Gasteiger partial charge in [0.25, 0.3) is 0 Å². The van der Waals surface area contributed by atoms with Crippen LogP contribution in [0, 0.1) is 23.7 Å². The topological polar surface area (TPSA) is 26.3 Å². The predicted octanol–water partition coefficient (Wildman–Crippen LogP) is 5.29. The fraction of sp³-hybridized carbons (Fsp3) is 0.750. The normalized spacial score (nSPS) is 33.4. The van der Waals surface area contributed by atoms with E-state index >= 15 is 0 Å². The fourth-order valence-corrected chi connectivity index (χ4v) is 4.29. The second kappa shape index (κ2) is 9.17. The molecule has 0 heterocycles. The van der Waals surface area contributed by atoms with Gasteiger partial charge >= 0.3 is 5.97 Å². The lowest BCUT2D eigenvalue weighted by molar-refractivity contribution is -0.137. The summed E-state index contributed by atoms with van der Waals surface area (Å²) in [6.07, 6.45) is 19.1. The molecule has 0 N–H and O–H groups in total. The highest BCUT2D eigenvalue weighted by Gasteiger charge is 2.29. The van der Waals surface area contributed by atoms with Crippen LogP contribution in [-0.2, 0) is 9.53 Å². The van der Waals surface area contributed by atoms with Gasteiger partial charge in [0, 0.05) is 6.08 Å². The first-order valence-electron chi connectivity index (χ1n) is 9.20. The van der Waals surface area contributed by atoms with E-state index in [1.165, 1.54) is 51.4 Å². The zero-order chi connectivity index (χ0) is 15.8. The molecule has 0 aliphatic heterocycles. The first kappa shape index (κ1) is 17.3. The Hall–Kier alpha value is -1.05. The zero-order valence-corrected chi connectivity index (χ0v) is 14.3. The molecule has 2 aliphatic rings. The third-order valence-electron chi connectivity index (χ3n) is 5.56. The number of hydrogen-bond acceptors (Lipinski definition) is 2. The van der Waals surface area contributed by atoms with Crippen LogP contribution in [0.4, 0.5) is 0 Å². The van der Waals surface area contributed by atoms with E-state index < -0.39 is 0 Å². The summed E-state index contributed by atoms with van der Waals surface area (Å²) in [6, 6.07) is 0. The third-order valence-corrected chi connectivity index (χ3v) is 5.56.